The lowest BCUT2D eigenvalue weighted by Crippen LogP contribution is -2.26. The molecule has 0 aliphatic heterocycles. The molecular weight excluding hydrogens is 226 g/mol. The lowest BCUT2D eigenvalue weighted by molar-refractivity contribution is 0.192. The van der Waals surface area contributed by atoms with Crippen molar-refractivity contribution in [3.05, 3.63) is 17.8 Å². The summed E-state index contributed by atoms with van der Waals surface area (Å²) in [6.45, 7) is 1.57. The summed E-state index contributed by atoms with van der Waals surface area (Å²) in [5, 5.41) is 29.9. The number of anilines is 1. The zero-order chi connectivity index (χ0) is 12.6. The topological polar surface area (TPSA) is 104 Å². The first kappa shape index (κ1) is 11.3. The molecule has 0 bridgehead atoms. The van der Waals surface area contributed by atoms with E-state index in [1.54, 1.807) is 19.1 Å². The van der Waals surface area contributed by atoms with Gasteiger partial charge in [-0.15, -0.1) is 10.2 Å². The highest BCUT2D eigenvalue weighted by Gasteiger charge is 2.17. The Balaban J connectivity index is 2.57. The fraction of sp³-hybridized carbons (Fsp3) is 0.333. The molecule has 0 aromatic carbocycles. The third-order valence-electron chi connectivity index (χ3n) is 2.28. The Bertz CT molecular complexity index is 565. The predicted octanol–water partition coefficient (Wildman–Crippen LogP) is 0.292. The lowest BCUT2D eigenvalue weighted by Gasteiger charge is -2.10. The molecule has 90 valence electrons. The van der Waals surface area contributed by atoms with Gasteiger partial charge in [0.15, 0.2) is 5.65 Å². The van der Waals surface area contributed by atoms with Crippen molar-refractivity contribution < 1.29 is 15.0 Å². The van der Waals surface area contributed by atoms with E-state index < -0.39 is 12.2 Å². The monoisotopic (exact) mass is 237 g/mol. The summed E-state index contributed by atoms with van der Waals surface area (Å²) in [5.41, 5.74) is 0.829. The van der Waals surface area contributed by atoms with Gasteiger partial charge in [-0.2, -0.15) is 9.61 Å². The molecule has 2 rings (SSSR count). The molecular formula is C9H11N5O3. The molecule has 2 heterocycles. The number of amides is 1. The first-order valence-electron chi connectivity index (χ1n) is 4.88. The molecule has 0 aliphatic rings. The van der Waals surface area contributed by atoms with E-state index in [9.17, 15) is 9.90 Å². The average molecular weight is 237 g/mol. The maximum atomic E-state index is 10.8. The molecule has 0 fully saturated rings. The number of rotatable bonds is 2. The van der Waals surface area contributed by atoms with Crippen LogP contribution in [-0.4, -0.2) is 43.2 Å². The average Bonchev–Trinajstić information content (AvgIpc) is 2.70. The van der Waals surface area contributed by atoms with Gasteiger partial charge in [-0.25, -0.2) is 9.69 Å². The van der Waals surface area contributed by atoms with Crippen molar-refractivity contribution in [1.29, 1.82) is 0 Å². The third kappa shape index (κ3) is 1.89. The number of carbonyl (C=O) groups is 1. The number of aliphatic hydroxyl groups excluding tert-OH is 1. The highest BCUT2D eigenvalue weighted by Crippen LogP contribution is 2.14. The Kier molecular flexibility index (Phi) is 2.64. The van der Waals surface area contributed by atoms with Crippen molar-refractivity contribution in [2.75, 3.05) is 11.9 Å². The Morgan fingerprint density at radius 3 is 2.76 bits per heavy atom. The SMILES string of the molecule is CC(O)c1ccc2nnc(N(C)C(=O)O)n2n1. The molecule has 8 heteroatoms. The van der Waals surface area contributed by atoms with Crippen molar-refractivity contribution in [3.63, 3.8) is 0 Å². The molecule has 1 atom stereocenters. The second kappa shape index (κ2) is 3.98. The first-order chi connectivity index (χ1) is 8.00. The number of hydrogen-bond acceptors (Lipinski definition) is 5. The van der Waals surface area contributed by atoms with E-state index >= 15 is 0 Å². The Hall–Kier alpha value is -2.22. The van der Waals surface area contributed by atoms with E-state index in [0.29, 0.717) is 11.3 Å². The molecule has 1 amide bonds. The highest BCUT2D eigenvalue weighted by molar-refractivity contribution is 5.83. The van der Waals surface area contributed by atoms with Gasteiger partial charge in [0.25, 0.3) is 5.95 Å². The van der Waals surface area contributed by atoms with Gasteiger partial charge in [0.05, 0.1) is 11.8 Å². The van der Waals surface area contributed by atoms with Crippen molar-refractivity contribution in [2.24, 2.45) is 0 Å². The zero-order valence-electron chi connectivity index (χ0n) is 9.27. The fourth-order valence-corrected chi connectivity index (χ4v) is 1.31. The Labute approximate surface area is 96.1 Å². The molecule has 2 N–H and O–H groups in total. The van der Waals surface area contributed by atoms with Gasteiger partial charge in [0.1, 0.15) is 0 Å². The van der Waals surface area contributed by atoms with Crippen LogP contribution in [0.5, 0.6) is 0 Å². The van der Waals surface area contributed by atoms with Crippen LogP contribution in [0.3, 0.4) is 0 Å². The van der Waals surface area contributed by atoms with Gasteiger partial charge >= 0.3 is 6.09 Å². The summed E-state index contributed by atoms with van der Waals surface area (Å²) in [4.78, 5) is 11.7. The minimum atomic E-state index is -1.16. The summed E-state index contributed by atoms with van der Waals surface area (Å²) in [5.74, 6) is 0.0787. The minimum Gasteiger partial charge on any atom is -0.465 e. The quantitative estimate of drug-likeness (QED) is 0.778. The van der Waals surface area contributed by atoms with Crippen LogP contribution in [0.25, 0.3) is 5.65 Å². The highest BCUT2D eigenvalue weighted by atomic mass is 16.4. The number of hydrogen-bond donors (Lipinski definition) is 2. The van der Waals surface area contributed by atoms with Crippen LogP contribution in [0.4, 0.5) is 10.7 Å². The molecule has 0 saturated heterocycles. The van der Waals surface area contributed by atoms with Crippen LogP contribution in [-0.2, 0) is 0 Å². The number of aromatic nitrogens is 4. The van der Waals surface area contributed by atoms with Crippen molar-refractivity contribution in [2.45, 2.75) is 13.0 Å². The van der Waals surface area contributed by atoms with Gasteiger partial charge < -0.3 is 10.2 Å². The van der Waals surface area contributed by atoms with Crippen molar-refractivity contribution in [1.82, 2.24) is 19.8 Å². The normalized spacial score (nSPS) is 12.6. The summed E-state index contributed by atoms with van der Waals surface area (Å²) in [6.07, 6.45) is -1.91. The van der Waals surface area contributed by atoms with E-state index in [1.807, 2.05) is 0 Å². The molecule has 0 aliphatic carbocycles. The number of aliphatic hydroxyl groups is 1. The molecule has 2 aromatic rings. The molecule has 0 saturated carbocycles. The minimum absolute atomic E-state index is 0.0787. The van der Waals surface area contributed by atoms with Gasteiger partial charge in [-0.1, -0.05) is 0 Å². The van der Waals surface area contributed by atoms with Gasteiger partial charge in [0.2, 0.25) is 0 Å². The van der Waals surface area contributed by atoms with E-state index in [4.69, 9.17) is 5.11 Å². The number of fused-ring (bicyclic) bond motifs is 1. The summed E-state index contributed by atoms with van der Waals surface area (Å²) >= 11 is 0. The molecule has 2 aromatic heterocycles. The Morgan fingerprint density at radius 2 is 2.18 bits per heavy atom. The number of carboxylic acid groups (broad SMARTS) is 1. The standard InChI is InChI=1S/C9H11N5O3/c1-5(15)6-3-4-7-10-11-8(14(7)12-6)13(2)9(16)17/h3-5,15H,1-2H3,(H,16,17). The van der Waals surface area contributed by atoms with Gasteiger partial charge in [-0.3, -0.25) is 0 Å². The second-order valence-corrected chi connectivity index (χ2v) is 3.55. The molecule has 1 unspecified atom stereocenters. The third-order valence-corrected chi connectivity index (χ3v) is 2.28. The van der Waals surface area contributed by atoms with E-state index in [1.165, 1.54) is 11.6 Å². The van der Waals surface area contributed by atoms with Crippen LogP contribution in [0.15, 0.2) is 12.1 Å². The summed E-state index contributed by atoms with van der Waals surface area (Å²) in [6, 6.07) is 3.22. The molecule has 0 radical (unpaired) electrons. The fourth-order valence-electron chi connectivity index (χ4n) is 1.31. The van der Waals surface area contributed by atoms with E-state index in [-0.39, 0.29) is 5.95 Å². The van der Waals surface area contributed by atoms with E-state index in [0.717, 1.165) is 4.90 Å². The summed E-state index contributed by atoms with van der Waals surface area (Å²) < 4.78 is 1.27. The first-order valence-corrected chi connectivity index (χ1v) is 4.88. The van der Waals surface area contributed by atoms with Crippen LogP contribution in [0.2, 0.25) is 0 Å². The molecule has 0 spiro atoms. The smallest absolute Gasteiger partial charge is 0.414 e. The second-order valence-electron chi connectivity index (χ2n) is 3.55. The Morgan fingerprint density at radius 1 is 1.47 bits per heavy atom. The lowest BCUT2D eigenvalue weighted by atomic mass is 10.3. The van der Waals surface area contributed by atoms with Gasteiger partial charge in [-0.05, 0) is 19.1 Å². The molecule has 17 heavy (non-hydrogen) atoms. The zero-order valence-corrected chi connectivity index (χ0v) is 9.27. The van der Waals surface area contributed by atoms with E-state index in [2.05, 4.69) is 15.3 Å². The van der Waals surface area contributed by atoms with Crippen LogP contribution in [0, 0.1) is 0 Å². The van der Waals surface area contributed by atoms with Gasteiger partial charge in [0, 0.05) is 7.05 Å². The maximum Gasteiger partial charge on any atom is 0.414 e. The van der Waals surface area contributed by atoms with Crippen LogP contribution >= 0.6 is 0 Å². The largest absolute Gasteiger partial charge is 0.465 e. The van der Waals surface area contributed by atoms with Crippen molar-refractivity contribution in [3.8, 4) is 0 Å². The number of nitrogens with zero attached hydrogens (tertiary/aromatic N) is 5. The van der Waals surface area contributed by atoms with Crippen LogP contribution < -0.4 is 4.90 Å². The summed E-state index contributed by atoms with van der Waals surface area (Å²) in [7, 11) is 1.34. The predicted molar refractivity (Wildman–Crippen MR) is 57.8 cm³/mol. The van der Waals surface area contributed by atoms with Crippen LogP contribution in [0.1, 0.15) is 18.7 Å². The molecule has 8 nitrogen and oxygen atoms in total. The van der Waals surface area contributed by atoms with Crippen molar-refractivity contribution >= 4 is 17.7 Å². The maximum absolute atomic E-state index is 10.8.